The average Bonchev–Trinajstić information content (AvgIpc) is 3.12. The van der Waals surface area contributed by atoms with E-state index < -0.39 is 0 Å². The number of rotatable bonds is 5. The third-order valence-corrected chi connectivity index (χ3v) is 4.73. The van der Waals surface area contributed by atoms with Gasteiger partial charge in [0.1, 0.15) is 0 Å². The lowest BCUT2D eigenvalue weighted by Gasteiger charge is -2.21. The van der Waals surface area contributed by atoms with E-state index in [2.05, 4.69) is 10.6 Å². The quantitative estimate of drug-likeness (QED) is 0.864. The lowest BCUT2D eigenvalue weighted by molar-refractivity contribution is -0.119. The summed E-state index contributed by atoms with van der Waals surface area (Å²) in [5.74, 6) is -0.173. The van der Waals surface area contributed by atoms with Gasteiger partial charge < -0.3 is 15.4 Å². The van der Waals surface area contributed by atoms with Crippen molar-refractivity contribution >= 4 is 34.5 Å². The van der Waals surface area contributed by atoms with Crippen LogP contribution in [0.4, 0.5) is 11.4 Å². The van der Waals surface area contributed by atoms with Gasteiger partial charge in [0.25, 0.3) is 5.91 Å². The number of carbonyl (C=O) groups excluding carboxylic acids is 2. The smallest absolute Gasteiger partial charge is 0.265 e. The molecule has 2 N–H and O–H groups in total. The maximum atomic E-state index is 12.0. The Labute approximate surface area is 145 Å². The topological polar surface area (TPSA) is 67.4 Å². The molecule has 0 radical (unpaired) electrons. The molecule has 1 aromatic heterocycles. The Morgan fingerprint density at radius 1 is 1.08 bits per heavy atom. The van der Waals surface area contributed by atoms with Gasteiger partial charge in [0.2, 0.25) is 5.91 Å². The highest BCUT2D eigenvalue weighted by Gasteiger charge is 2.17. The zero-order chi connectivity index (χ0) is 16.8. The van der Waals surface area contributed by atoms with Crippen LogP contribution in [0.5, 0.6) is 0 Å². The lowest BCUT2D eigenvalue weighted by atomic mass is 10.1. The first-order valence-corrected chi connectivity index (χ1v) is 8.95. The highest BCUT2D eigenvalue weighted by Crippen LogP contribution is 2.19. The predicted molar refractivity (Wildman–Crippen MR) is 95.6 cm³/mol. The number of amides is 2. The van der Waals surface area contributed by atoms with Crippen molar-refractivity contribution in [2.45, 2.75) is 31.8 Å². The summed E-state index contributed by atoms with van der Waals surface area (Å²) in [4.78, 5) is 24.7. The van der Waals surface area contributed by atoms with Gasteiger partial charge in [-0.15, -0.1) is 11.3 Å². The summed E-state index contributed by atoms with van der Waals surface area (Å²) in [5.41, 5.74) is 1.41. The minimum absolute atomic E-state index is 0.0307. The van der Waals surface area contributed by atoms with Gasteiger partial charge in [0, 0.05) is 18.0 Å². The summed E-state index contributed by atoms with van der Waals surface area (Å²) in [6.45, 7) is 0.747. The van der Waals surface area contributed by atoms with E-state index in [1.165, 1.54) is 11.3 Å². The van der Waals surface area contributed by atoms with Crippen molar-refractivity contribution in [3.63, 3.8) is 0 Å². The van der Waals surface area contributed by atoms with Gasteiger partial charge in [-0.1, -0.05) is 6.07 Å². The van der Waals surface area contributed by atoms with Crippen LogP contribution in [0.1, 0.15) is 35.4 Å². The summed E-state index contributed by atoms with van der Waals surface area (Å²) in [6, 6.07) is 10.7. The maximum Gasteiger partial charge on any atom is 0.265 e. The minimum atomic E-state index is -0.128. The number of hydrogen-bond donors (Lipinski definition) is 2. The summed E-state index contributed by atoms with van der Waals surface area (Å²) >= 11 is 1.40. The Balaban J connectivity index is 1.50. The fraction of sp³-hybridized carbons (Fsp3) is 0.333. The van der Waals surface area contributed by atoms with Crippen LogP contribution in [-0.4, -0.2) is 24.5 Å². The highest BCUT2D eigenvalue weighted by molar-refractivity contribution is 7.12. The molecule has 0 spiro atoms. The Morgan fingerprint density at radius 2 is 1.83 bits per heavy atom. The van der Waals surface area contributed by atoms with Crippen LogP contribution in [0, 0.1) is 0 Å². The van der Waals surface area contributed by atoms with Crippen LogP contribution < -0.4 is 10.6 Å². The molecule has 0 saturated carbocycles. The molecule has 1 atom stereocenters. The molecule has 1 unspecified atom stereocenters. The summed E-state index contributed by atoms with van der Waals surface area (Å²) in [6.07, 6.45) is 3.56. The van der Waals surface area contributed by atoms with Gasteiger partial charge in [0.15, 0.2) is 0 Å². The van der Waals surface area contributed by atoms with Crippen molar-refractivity contribution in [2.75, 3.05) is 17.2 Å². The zero-order valence-corrected chi connectivity index (χ0v) is 14.1. The summed E-state index contributed by atoms with van der Waals surface area (Å²) < 4.78 is 5.58. The van der Waals surface area contributed by atoms with E-state index in [9.17, 15) is 9.59 Å². The number of hydrogen-bond acceptors (Lipinski definition) is 4. The van der Waals surface area contributed by atoms with Gasteiger partial charge in [0.05, 0.1) is 17.4 Å². The van der Waals surface area contributed by atoms with Crippen LogP contribution in [-0.2, 0) is 9.53 Å². The van der Waals surface area contributed by atoms with E-state index in [1.54, 1.807) is 30.3 Å². The second-order valence-corrected chi connectivity index (χ2v) is 6.70. The monoisotopic (exact) mass is 344 g/mol. The molecule has 2 amide bonds. The Hall–Kier alpha value is -2.18. The average molecular weight is 344 g/mol. The van der Waals surface area contributed by atoms with Gasteiger partial charge in [-0.3, -0.25) is 9.59 Å². The van der Waals surface area contributed by atoms with E-state index in [4.69, 9.17) is 4.74 Å². The first-order valence-electron chi connectivity index (χ1n) is 8.07. The van der Waals surface area contributed by atoms with Crippen molar-refractivity contribution < 1.29 is 14.3 Å². The minimum Gasteiger partial charge on any atom is -0.378 e. The molecule has 1 fully saturated rings. The van der Waals surface area contributed by atoms with Gasteiger partial charge in [-0.05, 0) is 55.0 Å². The predicted octanol–water partition coefficient (Wildman–Crippen LogP) is 3.90. The molecule has 1 saturated heterocycles. The molecule has 24 heavy (non-hydrogen) atoms. The Bertz CT molecular complexity index is 677. The molecule has 6 heteroatoms. The van der Waals surface area contributed by atoms with E-state index in [0.29, 0.717) is 22.7 Å². The van der Waals surface area contributed by atoms with Crippen LogP contribution >= 0.6 is 11.3 Å². The van der Waals surface area contributed by atoms with Gasteiger partial charge in [-0.25, -0.2) is 0 Å². The molecule has 126 valence electrons. The highest BCUT2D eigenvalue weighted by atomic mass is 32.1. The summed E-state index contributed by atoms with van der Waals surface area (Å²) in [5, 5.41) is 7.56. The first-order chi connectivity index (χ1) is 11.7. The fourth-order valence-corrected chi connectivity index (χ4v) is 3.24. The van der Waals surface area contributed by atoms with E-state index in [-0.39, 0.29) is 17.9 Å². The lowest BCUT2D eigenvalue weighted by Crippen LogP contribution is -2.25. The number of benzene rings is 1. The van der Waals surface area contributed by atoms with Crippen molar-refractivity contribution in [1.29, 1.82) is 0 Å². The zero-order valence-electron chi connectivity index (χ0n) is 13.3. The summed E-state index contributed by atoms with van der Waals surface area (Å²) in [7, 11) is 0. The first kappa shape index (κ1) is 16.7. The van der Waals surface area contributed by atoms with Crippen LogP contribution in [0.3, 0.4) is 0 Å². The van der Waals surface area contributed by atoms with Crippen molar-refractivity contribution in [3.05, 3.63) is 46.7 Å². The van der Waals surface area contributed by atoms with Crippen LogP contribution in [0.25, 0.3) is 0 Å². The Kier molecular flexibility index (Phi) is 5.61. The molecular weight excluding hydrogens is 324 g/mol. The van der Waals surface area contributed by atoms with E-state index in [1.807, 2.05) is 11.4 Å². The number of anilines is 2. The van der Waals surface area contributed by atoms with Gasteiger partial charge >= 0.3 is 0 Å². The molecular formula is C18H20N2O3S. The SMILES string of the molecule is O=C(CC1CCCCO1)Nc1ccc(NC(=O)c2cccs2)cc1. The second kappa shape index (κ2) is 8.08. The fourth-order valence-electron chi connectivity index (χ4n) is 2.62. The molecule has 0 aliphatic carbocycles. The molecule has 1 aliphatic rings. The van der Waals surface area contributed by atoms with Crippen molar-refractivity contribution in [3.8, 4) is 0 Å². The second-order valence-electron chi connectivity index (χ2n) is 5.75. The van der Waals surface area contributed by atoms with Crippen LogP contribution in [0.2, 0.25) is 0 Å². The standard InChI is InChI=1S/C18H20N2O3S/c21-17(12-15-4-1-2-10-23-15)19-13-6-8-14(9-7-13)20-18(22)16-5-3-11-24-16/h3,5-9,11,15H,1-2,4,10,12H2,(H,19,21)(H,20,22). The van der Waals surface area contributed by atoms with Crippen molar-refractivity contribution in [1.82, 2.24) is 0 Å². The van der Waals surface area contributed by atoms with Crippen molar-refractivity contribution in [2.24, 2.45) is 0 Å². The van der Waals surface area contributed by atoms with E-state index in [0.717, 1.165) is 25.9 Å². The Morgan fingerprint density at radius 3 is 2.46 bits per heavy atom. The maximum absolute atomic E-state index is 12.0. The number of carbonyl (C=O) groups is 2. The molecule has 3 rings (SSSR count). The molecule has 2 aromatic rings. The normalized spacial score (nSPS) is 17.2. The van der Waals surface area contributed by atoms with E-state index >= 15 is 0 Å². The van der Waals surface area contributed by atoms with Gasteiger partial charge in [-0.2, -0.15) is 0 Å². The third kappa shape index (κ3) is 4.66. The van der Waals surface area contributed by atoms with Crippen LogP contribution in [0.15, 0.2) is 41.8 Å². The number of thiophene rings is 1. The molecule has 0 bridgehead atoms. The largest absolute Gasteiger partial charge is 0.378 e. The molecule has 1 aromatic carbocycles. The molecule has 2 heterocycles. The number of ether oxygens (including phenoxy) is 1. The third-order valence-electron chi connectivity index (χ3n) is 3.86. The molecule has 1 aliphatic heterocycles. The number of nitrogens with one attached hydrogen (secondary N) is 2. The molecule has 5 nitrogen and oxygen atoms in total.